The van der Waals surface area contributed by atoms with Crippen molar-refractivity contribution in [1.29, 1.82) is 0 Å². The van der Waals surface area contributed by atoms with Crippen LogP contribution in [-0.4, -0.2) is 26.7 Å². The van der Waals surface area contributed by atoms with E-state index in [1.807, 2.05) is 73.7 Å². The molecule has 1 amide bonds. The van der Waals surface area contributed by atoms with Crippen molar-refractivity contribution in [2.45, 2.75) is 13.1 Å². The minimum absolute atomic E-state index is 0.0610. The molecule has 0 fully saturated rings. The van der Waals surface area contributed by atoms with Crippen LogP contribution in [-0.2, 0) is 0 Å². The first-order chi connectivity index (χ1) is 14.7. The van der Waals surface area contributed by atoms with E-state index in [1.165, 1.54) is 0 Å². The number of nitrogens with one attached hydrogen (secondary N) is 1. The van der Waals surface area contributed by atoms with Crippen molar-refractivity contribution in [3.05, 3.63) is 77.9 Å². The Labute approximate surface area is 176 Å². The quantitative estimate of drug-likeness (QED) is 0.609. The van der Waals surface area contributed by atoms with Gasteiger partial charge in [0.15, 0.2) is 0 Å². The van der Waals surface area contributed by atoms with E-state index in [9.17, 15) is 4.79 Å². The maximum Gasteiger partial charge on any atom is 0.260 e. The summed E-state index contributed by atoms with van der Waals surface area (Å²) < 4.78 is 16.4. The number of benzene rings is 3. The molecule has 1 N–H and O–H groups in total. The molecule has 30 heavy (non-hydrogen) atoms. The zero-order valence-corrected chi connectivity index (χ0v) is 17.2. The standard InChI is InChI=1S/C24H24N2O4/c1-4-30-17-11-9-16(10-12-17)26-23(19-7-5-6-8-20(19)24(26)27)25-21-15-18(28-2)13-14-22(21)29-3/h5-15,23,25H,4H2,1-3H3/t23-/m0/s1. The summed E-state index contributed by atoms with van der Waals surface area (Å²) >= 11 is 0. The van der Waals surface area contributed by atoms with Crippen molar-refractivity contribution in [3.63, 3.8) is 0 Å². The van der Waals surface area contributed by atoms with Gasteiger partial charge in [-0.05, 0) is 49.4 Å². The number of hydrogen-bond acceptors (Lipinski definition) is 5. The number of nitrogens with zero attached hydrogens (tertiary/aromatic N) is 1. The van der Waals surface area contributed by atoms with Gasteiger partial charge in [-0.2, -0.15) is 0 Å². The third kappa shape index (κ3) is 3.52. The van der Waals surface area contributed by atoms with Crippen molar-refractivity contribution < 1.29 is 19.0 Å². The Hall–Kier alpha value is -3.67. The van der Waals surface area contributed by atoms with E-state index >= 15 is 0 Å². The Morgan fingerprint density at radius 2 is 1.67 bits per heavy atom. The number of methoxy groups -OCH3 is 2. The number of ether oxygens (including phenoxy) is 3. The normalized spacial score (nSPS) is 15.0. The minimum atomic E-state index is -0.396. The summed E-state index contributed by atoms with van der Waals surface area (Å²) in [7, 11) is 3.23. The van der Waals surface area contributed by atoms with Gasteiger partial charge in [0, 0.05) is 22.9 Å². The van der Waals surface area contributed by atoms with Crippen LogP contribution in [0.25, 0.3) is 0 Å². The van der Waals surface area contributed by atoms with Gasteiger partial charge < -0.3 is 19.5 Å². The largest absolute Gasteiger partial charge is 0.497 e. The maximum atomic E-state index is 13.3. The molecule has 6 nitrogen and oxygen atoms in total. The van der Waals surface area contributed by atoms with Crippen LogP contribution >= 0.6 is 0 Å². The van der Waals surface area contributed by atoms with Gasteiger partial charge in [-0.3, -0.25) is 9.69 Å². The zero-order chi connectivity index (χ0) is 21.1. The molecule has 0 spiro atoms. The van der Waals surface area contributed by atoms with E-state index in [2.05, 4.69) is 5.32 Å². The highest BCUT2D eigenvalue weighted by molar-refractivity contribution is 6.11. The number of rotatable bonds is 7. The summed E-state index contributed by atoms with van der Waals surface area (Å²) in [5, 5.41) is 3.48. The summed E-state index contributed by atoms with van der Waals surface area (Å²) in [4.78, 5) is 15.0. The van der Waals surface area contributed by atoms with E-state index in [0.29, 0.717) is 23.7 Å². The van der Waals surface area contributed by atoms with Crippen LogP contribution in [0.1, 0.15) is 29.0 Å². The highest BCUT2D eigenvalue weighted by Crippen LogP contribution is 2.40. The van der Waals surface area contributed by atoms with E-state index in [1.54, 1.807) is 19.1 Å². The van der Waals surface area contributed by atoms with Gasteiger partial charge in [0.05, 0.1) is 26.5 Å². The molecule has 4 rings (SSSR count). The fourth-order valence-corrected chi connectivity index (χ4v) is 3.67. The van der Waals surface area contributed by atoms with Crippen molar-refractivity contribution in [3.8, 4) is 17.2 Å². The number of carbonyl (C=O) groups excluding carboxylic acids is 1. The van der Waals surface area contributed by atoms with Gasteiger partial charge in [0.2, 0.25) is 0 Å². The lowest BCUT2D eigenvalue weighted by atomic mass is 10.1. The zero-order valence-electron chi connectivity index (χ0n) is 17.2. The van der Waals surface area contributed by atoms with E-state index < -0.39 is 6.17 Å². The van der Waals surface area contributed by atoms with Gasteiger partial charge in [-0.1, -0.05) is 18.2 Å². The highest BCUT2D eigenvalue weighted by Gasteiger charge is 2.38. The van der Waals surface area contributed by atoms with E-state index in [0.717, 1.165) is 22.7 Å². The number of hydrogen-bond donors (Lipinski definition) is 1. The van der Waals surface area contributed by atoms with E-state index in [4.69, 9.17) is 14.2 Å². The smallest absolute Gasteiger partial charge is 0.260 e. The Kier molecular flexibility index (Phi) is 5.48. The molecule has 1 aliphatic heterocycles. The molecule has 1 heterocycles. The molecular weight excluding hydrogens is 380 g/mol. The topological polar surface area (TPSA) is 60.0 Å². The van der Waals surface area contributed by atoms with Crippen molar-refractivity contribution in [2.75, 3.05) is 31.0 Å². The molecule has 0 bridgehead atoms. The predicted octanol–water partition coefficient (Wildman–Crippen LogP) is 4.87. The molecule has 0 unspecified atom stereocenters. The first-order valence-corrected chi connectivity index (χ1v) is 9.80. The molecule has 3 aromatic rings. The molecule has 1 aliphatic rings. The lowest BCUT2D eigenvalue weighted by molar-refractivity contribution is 0.0993. The van der Waals surface area contributed by atoms with Crippen molar-refractivity contribution >= 4 is 17.3 Å². The van der Waals surface area contributed by atoms with Crippen molar-refractivity contribution in [1.82, 2.24) is 0 Å². The second-order valence-corrected chi connectivity index (χ2v) is 6.80. The SMILES string of the molecule is CCOc1ccc(N2C(=O)c3ccccc3[C@H]2Nc2cc(OC)ccc2OC)cc1. The van der Waals surface area contributed by atoms with Crippen LogP contribution in [0.5, 0.6) is 17.2 Å². The van der Waals surface area contributed by atoms with Crippen LogP contribution in [0.2, 0.25) is 0 Å². The third-order valence-electron chi connectivity index (χ3n) is 5.09. The first-order valence-electron chi connectivity index (χ1n) is 9.80. The first kappa shape index (κ1) is 19.6. The number of carbonyl (C=O) groups is 1. The Balaban J connectivity index is 1.75. The van der Waals surface area contributed by atoms with Crippen LogP contribution < -0.4 is 24.4 Å². The number of amides is 1. The second-order valence-electron chi connectivity index (χ2n) is 6.80. The summed E-state index contributed by atoms with van der Waals surface area (Å²) in [5.74, 6) is 2.07. The Morgan fingerprint density at radius 3 is 2.37 bits per heavy atom. The molecule has 6 heteroatoms. The van der Waals surface area contributed by atoms with E-state index in [-0.39, 0.29) is 5.91 Å². The molecule has 0 radical (unpaired) electrons. The maximum absolute atomic E-state index is 13.3. The molecule has 0 aromatic heterocycles. The minimum Gasteiger partial charge on any atom is -0.497 e. The van der Waals surface area contributed by atoms with Crippen molar-refractivity contribution in [2.24, 2.45) is 0 Å². The second kappa shape index (κ2) is 8.37. The molecule has 1 atom stereocenters. The molecule has 3 aromatic carbocycles. The van der Waals surface area contributed by atoms with Crippen LogP contribution in [0, 0.1) is 0 Å². The summed E-state index contributed by atoms with van der Waals surface area (Å²) in [6.07, 6.45) is -0.396. The van der Waals surface area contributed by atoms with Gasteiger partial charge >= 0.3 is 0 Å². The summed E-state index contributed by atoms with van der Waals surface area (Å²) in [5.41, 5.74) is 3.09. The average Bonchev–Trinajstić information content (AvgIpc) is 3.06. The third-order valence-corrected chi connectivity index (χ3v) is 5.09. The Morgan fingerprint density at radius 1 is 0.933 bits per heavy atom. The van der Waals surface area contributed by atoms with Gasteiger partial charge in [0.25, 0.3) is 5.91 Å². The summed E-state index contributed by atoms with van der Waals surface area (Å²) in [6.45, 7) is 2.53. The predicted molar refractivity (Wildman–Crippen MR) is 117 cm³/mol. The van der Waals surface area contributed by atoms with Gasteiger partial charge in [0.1, 0.15) is 23.4 Å². The van der Waals surface area contributed by atoms with Crippen LogP contribution in [0.15, 0.2) is 66.7 Å². The lowest BCUT2D eigenvalue weighted by Gasteiger charge is -2.28. The monoisotopic (exact) mass is 404 g/mol. The number of fused-ring (bicyclic) bond motifs is 1. The molecular formula is C24H24N2O4. The molecule has 0 saturated heterocycles. The fourth-order valence-electron chi connectivity index (χ4n) is 3.67. The van der Waals surface area contributed by atoms with Crippen LogP contribution in [0.3, 0.4) is 0 Å². The van der Waals surface area contributed by atoms with Crippen LogP contribution in [0.4, 0.5) is 11.4 Å². The fraction of sp³-hybridized carbons (Fsp3) is 0.208. The lowest BCUT2D eigenvalue weighted by Crippen LogP contribution is -2.32. The van der Waals surface area contributed by atoms with Gasteiger partial charge in [-0.15, -0.1) is 0 Å². The summed E-state index contributed by atoms with van der Waals surface area (Å²) in [6, 6.07) is 20.7. The van der Waals surface area contributed by atoms with Gasteiger partial charge in [-0.25, -0.2) is 0 Å². The molecule has 154 valence electrons. The average molecular weight is 404 g/mol. The Bertz CT molecular complexity index is 1050. The number of anilines is 2. The molecule has 0 saturated carbocycles. The molecule has 0 aliphatic carbocycles. The highest BCUT2D eigenvalue weighted by atomic mass is 16.5.